The van der Waals surface area contributed by atoms with Crippen LogP contribution in [0.15, 0.2) is 40.5 Å². The van der Waals surface area contributed by atoms with Crippen molar-refractivity contribution in [3.05, 3.63) is 47.2 Å². The van der Waals surface area contributed by atoms with Gasteiger partial charge in [0.1, 0.15) is 6.10 Å². The average molecular weight is 384 g/mol. The molecule has 0 aliphatic carbocycles. The molecule has 0 N–H and O–H groups in total. The topological polar surface area (TPSA) is 81.4 Å². The van der Waals surface area contributed by atoms with Crippen LogP contribution in [-0.2, 0) is 6.42 Å². The minimum Gasteiger partial charge on any atom is -0.458 e. The van der Waals surface area contributed by atoms with E-state index in [1.54, 1.807) is 34.7 Å². The highest BCUT2D eigenvalue weighted by molar-refractivity contribution is 7.13. The van der Waals surface area contributed by atoms with Crippen molar-refractivity contribution in [2.45, 2.75) is 32.3 Å². The second-order valence-corrected chi connectivity index (χ2v) is 7.36. The molecule has 4 rings (SSSR count). The molecule has 8 heteroatoms. The van der Waals surface area contributed by atoms with Gasteiger partial charge >= 0.3 is 6.01 Å². The molecule has 0 spiro atoms. The number of amides is 1. The van der Waals surface area contributed by atoms with Gasteiger partial charge in [0.2, 0.25) is 0 Å². The van der Waals surface area contributed by atoms with Gasteiger partial charge in [0.05, 0.1) is 11.4 Å². The molecule has 0 aromatic carbocycles. The van der Waals surface area contributed by atoms with Crippen LogP contribution < -0.4 is 4.74 Å². The number of carbonyl (C=O) groups excluding carboxylic acids is 1. The highest BCUT2D eigenvalue weighted by Crippen LogP contribution is 2.26. The van der Waals surface area contributed by atoms with Crippen LogP contribution >= 0.6 is 11.3 Å². The molecule has 1 aliphatic rings. The third-order valence-electron chi connectivity index (χ3n) is 4.52. The fraction of sp³-hybridized carbons (Fsp3) is 0.368. The van der Waals surface area contributed by atoms with Crippen molar-refractivity contribution in [3.8, 4) is 16.6 Å². The lowest BCUT2D eigenvalue weighted by molar-refractivity contribution is 0.0507. The van der Waals surface area contributed by atoms with Crippen molar-refractivity contribution in [1.29, 1.82) is 0 Å². The van der Waals surface area contributed by atoms with Gasteiger partial charge in [-0.25, -0.2) is 9.97 Å². The van der Waals surface area contributed by atoms with Crippen LogP contribution in [0.2, 0.25) is 0 Å². The Morgan fingerprint density at radius 1 is 1.41 bits per heavy atom. The second kappa shape index (κ2) is 7.87. The first-order valence-electron chi connectivity index (χ1n) is 9.00. The summed E-state index contributed by atoms with van der Waals surface area (Å²) in [6, 6.07) is 5.93. The highest BCUT2D eigenvalue weighted by Gasteiger charge is 2.28. The number of ether oxygens (including phenoxy) is 1. The second-order valence-electron chi connectivity index (χ2n) is 6.41. The van der Waals surface area contributed by atoms with E-state index in [1.807, 2.05) is 17.5 Å². The summed E-state index contributed by atoms with van der Waals surface area (Å²) >= 11 is 1.55. The first kappa shape index (κ1) is 17.7. The molecule has 1 unspecified atom stereocenters. The maximum absolute atomic E-state index is 12.8. The van der Waals surface area contributed by atoms with Gasteiger partial charge in [-0.05, 0) is 36.3 Å². The number of aryl methyl sites for hydroxylation is 1. The van der Waals surface area contributed by atoms with Crippen LogP contribution in [0.25, 0.3) is 10.6 Å². The quantitative estimate of drug-likeness (QED) is 0.670. The van der Waals surface area contributed by atoms with Crippen molar-refractivity contribution in [3.63, 3.8) is 0 Å². The Hall–Kier alpha value is -2.74. The minimum absolute atomic E-state index is 0.126. The van der Waals surface area contributed by atoms with Crippen molar-refractivity contribution in [2.75, 3.05) is 13.1 Å². The Morgan fingerprint density at radius 2 is 2.26 bits per heavy atom. The molecular weight excluding hydrogens is 364 g/mol. The maximum atomic E-state index is 12.8. The van der Waals surface area contributed by atoms with E-state index >= 15 is 0 Å². The van der Waals surface area contributed by atoms with Gasteiger partial charge in [-0.3, -0.25) is 4.79 Å². The number of rotatable bonds is 5. The number of nitrogens with zero attached hydrogens (tertiary/aromatic N) is 4. The summed E-state index contributed by atoms with van der Waals surface area (Å²) in [6.07, 6.45) is 6.03. The number of aromatic nitrogens is 3. The molecule has 7 nitrogen and oxygen atoms in total. The van der Waals surface area contributed by atoms with Crippen LogP contribution in [0.4, 0.5) is 0 Å². The molecular formula is C19H20N4O3S. The van der Waals surface area contributed by atoms with E-state index in [4.69, 9.17) is 9.26 Å². The molecule has 3 aromatic rings. The standard InChI is InChI=1S/C19H20N4O3S/c1-2-13-10-20-19(21-11-13)25-14-5-3-7-23(12-14)18(24)15-9-16(26-22-15)17-6-4-8-27-17/h4,6,8-11,14H,2-3,5,7,12H2,1H3. The third kappa shape index (κ3) is 4.00. The lowest BCUT2D eigenvalue weighted by atomic mass is 10.1. The predicted molar refractivity (Wildman–Crippen MR) is 101 cm³/mol. The first-order valence-corrected chi connectivity index (χ1v) is 9.88. The third-order valence-corrected chi connectivity index (χ3v) is 5.41. The van der Waals surface area contributed by atoms with E-state index in [0.29, 0.717) is 30.6 Å². The number of piperidine rings is 1. The summed E-state index contributed by atoms with van der Waals surface area (Å²) in [4.78, 5) is 24.0. The van der Waals surface area contributed by atoms with E-state index in [9.17, 15) is 4.79 Å². The Bertz CT molecular complexity index is 892. The van der Waals surface area contributed by atoms with Gasteiger partial charge in [0.25, 0.3) is 5.91 Å². The number of hydrogen-bond acceptors (Lipinski definition) is 7. The largest absolute Gasteiger partial charge is 0.458 e. The summed E-state index contributed by atoms with van der Waals surface area (Å²) in [5.74, 6) is 0.472. The Kier molecular flexibility index (Phi) is 5.15. The molecule has 1 aliphatic heterocycles. The molecule has 1 saturated heterocycles. The fourth-order valence-electron chi connectivity index (χ4n) is 3.03. The fourth-order valence-corrected chi connectivity index (χ4v) is 3.70. The molecule has 0 saturated carbocycles. The normalized spacial score (nSPS) is 17.1. The Labute approximate surface area is 161 Å². The molecule has 1 fully saturated rings. The van der Waals surface area contributed by atoms with Crippen LogP contribution in [-0.4, -0.2) is 45.1 Å². The van der Waals surface area contributed by atoms with Gasteiger partial charge in [-0.15, -0.1) is 11.3 Å². The summed E-state index contributed by atoms with van der Waals surface area (Å²) < 4.78 is 11.2. The van der Waals surface area contributed by atoms with Crippen molar-refractivity contribution in [1.82, 2.24) is 20.0 Å². The molecule has 1 atom stereocenters. The Morgan fingerprint density at radius 3 is 3.00 bits per heavy atom. The molecule has 1 amide bonds. The van der Waals surface area contributed by atoms with E-state index in [2.05, 4.69) is 22.0 Å². The molecule has 140 valence electrons. The van der Waals surface area contributed by atoms with E-state index in [-0.39, 0.29) is 12.0 Å². The molecule has 0 radical (unpaired) electrons. The summed E-state index contributed by atoms with van der Waals surface area (Å²) in [6.45, 7) is 3.21. The molecule has 0 bridgehead atoms. The number of thiophene rings is 1. The zero-order valence-electron chi connectivity index (χ0n) is 15.0. The highest BCUT2D eigenvalue weighted by atomic mass is 32.1. The van der Waals surface area contributed by atoms with Crippen LogP contribution in [0.5, 0.6) is 6.01 Å². The SMILES string of the molecule is CCc1cnc(OC2CCCN(C(=O)c3cc(-c4cccs4)on3)C2)nc1. The van der Waals surface area contributed by atoms with Crippen LogP contribution in [0, 0.1) is 0 Å². The number of hydrogen-bond donors (Lipinski definition) is 0. The summed E-state index contributed by atoms with van der Waals surface area (Å²) in [7, 11) is 0. The summed E-state index contributed by atoms with van der Waals surface area (Å²) in [5, 5.41) is 5.91. The molecule has 27 heavy (non-hydrogen) atoms. The van der Waals surface area contributed by atoms with Gasteiger partial charge in [-0.2, -0.15) is 0 Å². The number of carbonyl (C=O) groups is 1. The van der Waals surface area contributed by atoms with Gasteiger partial charge < -0.3 is 14.2 Å². The van der Waals surface area contributed by atoms with E-state index in [0.717, 1.165) is 29.7 Å². The zero-order valence-corrected chi connectivity index (χ0v) is 15.8. The molecule has 3 aromatic heterocycles. The Balaban J connectivity index is 1.40. The maximum Gasteiger partial charge on any atom is 0.316 e. The van der Waals surface area contributed by atoms with Crippen molar-refractivity contribution in [2.24, 2.45) is 0 Å². The first-order chi connectivity index (χ1) is 13.2. The van der Waals surface area contributed by atoms with Gasteiger partial charge in [0, 0.05) is 25.0 Å². The monoisotopic (exact) mass is 384 g/mol. The lowest BCUT2D eigenvalue weighted by Gasteiger charge is -2.31. The summed E-state index contributed by atoms with van der Waals surface area (Å²) in [5.41, 5.74) is 1.39. The lowest BCUT2D eigenvalue weighted by Crippen LogP contribution is -2.44. The van der Waals surface area contributed by atoms with Crippen molar-refractivity contribution >= 4 is 17.2 Å². The smallest absolute Gasteiger partial charge is 0.316 e. The minimum atomic E-state index is -0.142. The zero-order chi connectivity index (χ0) is 18.6. The van der Waals surface area contributed by atoms with Crippen LogP contribution in [0.3, 0.4) is 0 Å². The molecule has 4 heterocycles. The van der Waals surface area contributed by atoms with Crippen molar-refractivity contribution < 1.29 is 14.1 Å². The predicted octanol–water partition coefficient (Wildman–Crippen LogP) is 3.44. The van der Waals surface area contributed by atoms with Crippen LogP contribution in [0.1, 0.15) is 35.8 Å². The number of likely N-dealkylation sites (tertiary alicyclic amines) is 1. The van der Waals surface area contributed by atoms with E-state index < -0.39 is 0 Å². The van der Waals surface area contributed by atoms with Gasteiger partial charge in [-0.1, -0.05) is 18.1 Å². The van der Waals surface area contributed by atoms with Gasteiger partial charge in [0.15, 0.2) is 11.5 Å². The van der Waals surface area contributed by atoms with E-state index in [1.165, 1.54) is 0 Å². The average Bonchev–Trinajstić information content (AvgIpc) is 3.40.